The van der Waals surface area contributed by atoms with Crippen LogP contribution in [-0.4, -0.2) is 20.9 Å². The van der Waals surface area contributed by atoms with E-state index in [-0.39, 0.29) is 5.92 Å². The smallest absolute Gasteiger partial charge is 0.339 e. The van der Waals surface area contributed by atoms with Crippen molar-refractivity contribution in [2.45, 2.75) is 24.7 Å². The van der Waals surface area contributed by atoms with E-state index in [4.69, 9.17) is 5.73 Å². The number of nitrogens with two attached hydrogens (primary N) is 1. The minimum absolute atomic E-state index is 0.246. The van der Waals surface area contributed by atoms with E-state index >= 15 is 0 Å². The number of carbonyl (C=O) groups excluding carboxylic acids is 1. The van der Waals surface area contributed by atoms with Gasteiger partial charge in [-0.05, 0) is 36.5 Å². The van der Waals surface area contributed by atoms with Crippen molar-refractivity contribution in [2.75, 3.05) is 0 Å². The fourth-order valence-corrected chi connectivity index (χ4v) is 2.68. The molecule has 1 fully saturated rings. The first-order chi connectivity index (χ1) is 9.16. The fourth-order valence-electron chi connectivity index (χ4n) is 2.68. The Morgan fingerprint density at radius 1 is 1.37 bits per heavy atom. The number of rotatable bonds is 2. The molecule has 0 unspecified atom stereocenters. The summed E-state index contributed by atoms with van der Waals surface area (Å²) >= 11 is 0. The molecule has 3 rings (SSSR count). The third-order valence-corrected chi connectivity index (χ3v) is 3.76. The van der Waals surface area contributed by atoms with E-state index in [1.807, 2.05) is 18.2 Å². The van der Waals surface area contributed by atoms with Crippen LogP contribution in [0, 0.1) is 6.20 Å². The van der Waals surface area contributed by atoms with Gasteiger partial charge >= 0.3 is 6.03 Å². The summed E-state index contributed by atoms with van der Waals surface area (Å²) in [5.41, 5.74) is 7.02. The molecule has 0 saturated heterocycles. The molecule has 0 aliphatic heterocycles. The van der Waals surface area contributed by atoms with E-state index in [0.717, 1.165) is 24.1 Å². The molecule has 0 spiro atoms. The Labute approximate surface area is 110 Å². The second-order valence-electron chi connectivity index (χ2n) is 4.87. The van der Waals surface area contributed by atoms with Crippen molar-refractivity contribution in [1.82, 2.24) is 9.78 Å². The Kier molecular flexibility index (Phi) is 2.74. The molecule has 1 radical (unpaired) electrons. The van der Waals surface area contributed by atoms with Gasteiger partial charge in [-0.15, -0.1) is 0 Å². The molecule has 1 heterocycles. The van der Waals surface area contributed by atoms with Crippen molar-refractivity contribution in [2.24, 2.45) is 5.73 Å². The first kappa shape index (κ1) is 11.8. The zero-order valence-electron chi connectivity index (χ0n) is 10.3. The summed E-state index contributed by atoms with van der Waals surface area (Å²) in [4.78, 5) is 11.2. The maximum atomic E-state index is 11.2. The summed E-state index contributed by atoms with van der Waals surface area (Å²) in [6.07, 6.45) is 4.42. The highest BCUT2D eigenvalue weighted by Crippen LogP contribution is 2.49. The van der Waals surface area contributed by atoms with Gasteiger partial charge in [0.2, 0.25) is 0 Å². The first-order valence-corrected chi connectivity index (χ1v) is 6.20. The second-order valence-corrected chi connectivity index (χ2v) is 4.87. The number of phenolic OH excluding ortho intramolecular Hbond substituents is 1. The molecule has 0 atom stereocenters. The maximum absolute atomic E-state index is 11.2. The van der Waals surface area contributed by atoms with Crippen molar-refractivity contribution in [3.8, 4) is 5.75 Å². The van der Waals surface area contributed by atoms with Gasteiger partial charge in [0.05, 0.1) is 5.69 Å². The van der Waals surface area contributed by atoms with Gasteiger partial charge in [-0.2, -0.15) is 9.78 Å². The average molecular weight is 256 g/mol. The van der Waals surface area contributed by atoms with E-state index in [0.29, 0.717) is 11.7 Å². The molecule has 2 aromatic rings. The lowest BCUT2D eigenvalue weighted by Crippen LogP contribution is -2.28. The zero-order valence-corrected chi connectivity index (χ0v) is 10.3. The summed E-state index contributed by atoms with van der Waals surface area (Å²) < 4.78 is 1.20. The standard InChI is InChI=1S/C14H14N3O2/c15-14(19)17-12(5-6-16-17)10-7-9(8-10)11-3-1-2-4-13(11)18/h1-5,9-10,18H,7-8H2,(H2,15,19). The number of para-hydroxylation sites is 1. The molecule has 1 aromatic carbocycles. The Morgan fingerprint density at radius 2 is 2.11 bits per heavy atom. The monoisotopic (exact) mass is 256 g/mol. The van der Waals surface area contributed by atoms with Gasteiger partial charge in [0.15, 0.2) is 0 Å². The Balaban J connectivity index is 1.75. The minimum Gasteiger partial charge on any atom is -0.508 e. The second kappa shape index (κ2) is 4.42. The Morgan fingerprint density at radius 3 is 2.79 bits per heavy atom. The summed E-state index contributed by atoms with van der Waals surface area (Å²) in [5.74, 6) is 0.902. The lowest BCUT2D eigenvalue weighted by molar-refractivity contribution is 0.244. The molecule has 1 saturated carbocycles. The number of aromatic nitrogens is 2. The SMILES string of the molecule is NC(=O)n1n[c]cc1C1CC(c2ccccc2O)C1. The van der Waals surface area contributed by atoms with Gasteiger partial charge < -0.3 is 10.8 Å². The number of benzene rings is 1. The molecule has 1 aromatic heterocycles. The van der Waals surface area contributed by atoms with Crippen LogP contribution in [0.15, 0.2) is 30.3 Å². The van der Waals surface area contributed by atoms with Crippen molar-refractivity contribution in [3.63, 3.8) is 0 Å². The highest BCUT2D eigenvalue weighted by atomic mass is 16.3. The van der Waals surface area contributed by atoms with E-state index in [1.54, 1.807) is 12.1 Å². The van der Waals surface area contributed by atoms with Crippen LogP contribution in [-0.2, 0) is 0 Å². The fraction of sp³-hybridized carbons (Fsp3) is 0.286. The molecule has 1 amide bonds. The van der Waals surface area contributed by atoms with Gasteiger partial charge in [0.1, 0.15) is 11.9 Å². The van der Waals surface area contributed by atoms with E-state index in [2.05, 4.69) is 11.3 Å². The number of primary amides is 1. The molecule has 19 heavy (non-hydrogen) atoms. The number of phenols is 1. The quantitative estimate of drug-likeness (QED) is 0.862. The normalized spacial score (nSPS) is 21.9. The summed E-state index contributed by atoms with van der Waals surface area (Å²) in [7, 11) is 0. The van der Waals surface area contributed by atoms with E-state index in [9.17, 15) is 9.90 Å². The molecule has 1 aliphatic rings. The lowest BCUT2D eigenvalue weighted by Gasteiger charge is -2.35. The molecule has 5 nitrogen and oxygen atoms in total. The number of carbonyl (C=O) groups is 1. The largest absolute Gasteiger partial charge is 0.508 e. The van der Waals surface area contributed by atoms with E-state index < -0.39 is 6.03 Å². The topological polar surface area (TPSA) is 81.1 Å². The third-order valence-electron chi connectivity index (χ3n) is 3.76. The molecule has 1 aliphatic carbocycles. The summed E-state index contributed by atoms with van der Waals surface area (Å²) in [6, 6.07) is 8.49. The number of amides is 1. The van der Waals surface area contributed by atoms with Crippen LogP contribution >= 0.6 is 0 Å². The molecule has 97 valence electrons. The number of aromatic hydroxyl groups is 1. The minimum atomic E-state index is -0.581. The van der Waals surface area contributed by atoms with Gasteiger partial charge in [0.25, 0.3) is 0 Å². The number of hydrogen-bond donors (Lipinski definition) is 2. The molecular formula is C14H14N3O2. The predicted octanol–water partition coefficient (Wildman–Crippen LogP) is 1.98. The van der Waals surface area contributed by atoms with Crippen molar-refractivity contribution >= 4 is 6.03 Å². The predicted molar refractivity (Wildman–Crippen MR) is 68.9 cm³/mol. The van der Waals surface area contributed by atoms with Crippen LogP contribution in [0.4, 0.5) is 4.79 Å². The summed E-state index contributed by atoms with van der Waals surface area (Å²) in [5, 5.41) is 13.6. The highest BCUT2D eigenvalue weighted by Gasteiger charge is 2.35. The third kappa shape index (κ3) is 1.97. The molecule has 5 heteroatoms. The van der Waals surface area contributed by atoms with Gasteiger partial charge in [-0.25, -0.2) is 4.79 Å². The highest BCUT2D eigenvalue weighted by molar-refractivity contribution is 5.74. The zero-order chi connectivity index (χ0) is 13.4. The first-order valence-electron chi connectivity index (χ1n) is 6.20. The van der Waals surface area contributed by atoms with Gasteiger partial charge in [0, 0.05) is 5.92 Å². The lowest BCUT2D eigenvalue weighted by atomic mass is 9.70. The molecular weight excluding hydrogens is 242 g/mol. The van der Waals surface area contributed by atoms with Crippen LogP contribution in [0.3, 0.4) is 0 Å². The Bertz CT molecular complexity index is 615. The van der Waals surface area contributed by atoms with Gasteiger partial charge in [-0.1, -0.05) is 18.2 Å². The maximum Gasteiger partial charge on any atom is 0.339 e. The van der Waals surface area contributed by atoms with Crippen molar-refractivity contribution in [1.29, 1.82) is 0 Å². The number of nitrogens with zero attached hydrogens (tertiary/aromatic N) is 2. The average Bonchev–Trinajstić information content (AvgIpc) is 2.79. The van der Waals surface area contributed by atoms with Crippen LogP contribution in [0.1, 0.15) is 35.9 Å². The van der Waals surface area contributed by atoms with Crippen LogP contribution in [0.2, 0.25) is 0 Å². The molecule has 3 N–H and O–H groups in total. The van der Waals surface area contributed by atoms with Crippen LogP contribution in [0.5, 0.6) is 5.75 Å². The van der Waals surface area contributed by atoms with Crippen molar-refractivity contribution in [3.05, 3.63) is 47.8 Å². The van der Waals surface area contributed by atoms with Gasteiger partial charge in [-0.3, -0.25) is 0 Å². The van der Waals surface area contributed by atoms with E-state index in [1.165, 1.54) is 4.68 Å². The number of hydrogen-bond acceptors (Lipinski definition) is 3. The van der Waals surface area contributed by atoms with Crippen molar-refractivity contribution < 1.29 is 9.90 Å². The van der Waals surface area contributed by atoms with Crippen LogP contribution in [0.25, 0.3) is 0 Å². The Hall–Kier alpha value is -2.30. The summed E-state index contributed by atoms with van der Waals surface area (Å²) in [6.45, 7) is 0. The van der Waals surface area contributed by atoms with Crippen LogP contribution < -0.4 is 5.73 Å². The molecule has 0 bridgehead atoms.